The summed E-state index contributed by atoms with van der Waals surface area (Å²) in [6.45, 7) is 4.37. The van der Waals surface area contributed by atoms with Gasteiger partial charge in [-0.25, -0.2) is 5.01 Å². The summed E-state index contributed by atoms with van der Waals surface area (Å²) in [7, 11) is 3.26. The minimum absolute atomic E-state index is 0.0576. The number of ether oxygens (including phenoxy) is 3. The number of halogens is 2. The third kappa shape index (κ3) is 3.97. The van der Waals surface area contributed by atoms with Crippen molar-refractivity contribution in [1.29, 1.82) is 0 Å². The van der Waals surface area contributed by atoms with Crippen molar-refractivity contribution in [2.75, 3.05) is 14.2 Å². The van der Waals surface area contributed by atoms with Crippen LogP contribution in [0.4, 0.5) is 0 Å². The van der Waals surface area contributed by atoms with Gasteiger partial charge in [-0.3, -0.25) is 0 Å². The maximum atomic E-state index is 6.59. The van der Waals surface area contributed by atoms with Crippen LogP contribution in [-0.2, 0) is 0 Å². The average Bonchev–Trinajstić information content (AvgIpc) is 3.29. The lowest BCUT2D eigenvalue weighted by Crippen LogP contribution is -2.33. The highest BCUT2D eigenvalue weighted by Gasteiger charge is 2.42. The lowest BCUT2D eigenvalue weighted by molar-refractivity contribution is -0.0189. The summed E-state index contributed by atoms with van der Waals surface area (Å²) in [6.07, 6.45) is 0.276. The minimum Gasteiger partial charge on any atom is -0.493 e. The van der Waals surface area contributed by atoms with E-state index in [9.17, 15) is 0 Å². The Morgan fingerprint density at radius 3 is 2.38 bits per heavy atom. The molecular weight excluding hydrogens is 471 g/mol. The maximum Gasteiger partial charge on any atom is 0.213 e. The van der Waals surface area contributed by atoms with Gasteiger partial charge in [-0.15, -0.1) is 0 Å². The van der Waals surface area contributed by atoms with E-state index < -0.39 is 6.23 Å². The molecule has 34 heavy (non-hydrogen) atoms. The second-order valence-electron chi connectivity index (χ2n) is 8.81. The molecule has 0 amide bonds. The zero-order valence-electron chi connectivity index (χ0n) is 19.5. The van der Waals surface area contributed by atoms with Crippen molar-refractivity contribution in [1.82, 2.24) is 5.01 Å². The molecule has 5 rings (SSSR count). The van der Waals surface area contributed by atoms with Gasteiger partial charge >= 0.3 is 0 Å². The van der Waals surface area contributed by atoms with Crippen molar-refractivity contribution in [3.8, 4) is 17.2 Å². The average molecular weight is 497 g/mol. The van der Waals surface area contributed by atoms with E-state index in [1.807, 2.05) is 29.3 Å². The molecule has 3 aromatic rings. The first kappa shape index (κ1) is 22.9. The van der Waals surface area contributed by atoms with Gasteiger partial charge in [-0.05, 0) is 41.8 Å². The number of nitrogens with zero attached hydrogens (tertiary/aromatic N) is 2. The molecule has 0 unspecified atom stereocenters. The van der Waals surface area contributed by atoms with Gasteiger partial charge in [0.25, 0.3) is 0 Å². The first-order valence-electron chi connectivity index (χ1n) is 11.2. The van der Waals surface area contributed by atoms with Gasteiger partial charge in [0.15, 0.2) is 11.5 Å². The standard InChI is InChI=1S/C27H26Cl2N2O3/c1-15(2)16-5-7-17(8-6-16)27-31-23(20-12-19(28)13-21(29)26(20)34-27)14-22(30-31)18-9-10-24(32-3)25(11-18)33-4/h5-13,15,23,27H,14H2,1-4H3/t23-,27+/m0/s1. The molecule has 176 valence electrons. The Morgan fingerprint density at radius 2 is 1.71 bits per heavy atom. The third-order valence-electron chi connectivity index (χ3n) is 6.41. The van der Waals surface area contributed by atoms with E-state index in [-0.39, 0.29) is 6.04 Å². The van der Waals surface area contributed by atoms with Gasteiger partial charge in [-0.2, -0.15) is 5.10 Å². The van der Waals surface area contributed by atoms with Gasteiger partial charge in [0.05, 0.1) is 31.0 Å². The first-order chi connectivity index (χ1) is 16.4. The fourth-order valence-electron chi connectivity index (χ4n) is 4.57. The molecule has 3 aromatic carbocycles. The van der Waals surface area contributed by atoms with Crippen molar-refractivity contribution in [2.45, 2.75) is 38.5 Å². The summed E-state index contributed by atoms with van der Waals surface area (Å²) in [4.78, 5) is 0. The smallest absolute Gasteiger partial charge is 0.213 e. The molecule has 0 saturated carbocycles. The third-order valence-corrected chi connectivity index (χ3v) is 6.91. The number of rotatable bonds is 5. The number of hydrogen-bond acceptors (Lipinski definition) is 5. The van der Waals surface area contributed by atoms with Crippen LogP contribution < -0.4 is 14.2 Å². The summed E-state index contributed by atoms with van der Waals surface area (Å²) in [5, 5.41) is 8.13. The van der Waals surface area contributed by atoms with Gasteiger partial charge in [0, 0.05) is 28.1 Å². The highest BCUT2D eigenvalue weighted by molar-refractivity contribution is 6.35. The number of hydrazone groups is 1. The van der Waals surface area contributed by atoms with E-state index in [0.717, 1.165) is 22.4 Å². The minimum atomic E-state index is -0.407. The predicted octanol–water partition coefficient (Wildman–Crippen LogP) is 7.38. The summed E-state index contributed by atoms with van der Waals surface area (Å²) in [5.41, 5.74) is 5.13. The lowest BCUT2D eigenvalue weighted by atomic mass is 9.95. The van der Waals surface area contributed by atoms with Crippen LogP contribution in [0.3, 0.4) is 0 Å². The molecule has 7 heteroatoms. The van der Waals surface area contributed by atoms with E-state index in [2.05, 4.69) is 38.1 Å². The fourth-order valence-corrected chi connectivity index (χ4v) is 5.12. The number of hydrogen-bond donors (Lipinski definition) is 0. The lowest BCUT2D eigenvalue weighted by Gasteiger charge is -2.38. The molecule has 2 atom stereocenters. The Balaban J connectivity index is 1.59. The van der Waals surface area contributed by atoms with Crippen LogP contribution in [0.2, 0.25) is 10.0 Å². The zero-order valence-corrected chi connectivity index (χ0v) is 21.0. The SMILES string of the molecule is COc1ccc(C2=NN3[C@@H](c4ccc(C(C)C)cc4)Oc4c(Cl)cc(Cl)cc4[C@@H]3C2)cc1OC. The predicted molar refractivity (Wildman–Crippen MR) is 136 cm³/mol. The van der Waals surface area contributed by atoms with E-state index in [1.165, 1.54) is 5.56 Å². The summed E-state index contributed by atoms with van der Waals surface area (Å²) in [6, 6.07) is 17.9. The number of fused-ring (bicyclic) bond motifs is 3. The summed E-state index contributed by atoms with van der Waals surface area (Å²) >= 11 is 13.0. The maximum absolute atomic E-state index is 6.59. The van der Waals surface area contributed by atoms with Crippen molar-refractivity contribution in [2.24, 2.45) is 5.10 Å². The highest BCUT2D eigenvalue weighted by atomic mass is 35.5. The number of benzene rings is 3. The molecule has 0 saturated heterocycles. The second-order valence-corrected chi connectivity index (χ2v) is 9.66. The van der Waals surface area contributed by atoms with Crippen LogP contribution >= 0.6 is 23.2 Å². The molecule has 0 fully saturated rings. The molecule has 0 bridgehead atoms. The topological polar surface area (TPSA) is 43.3 Å². The quantitative estimate of drug-likeness (QED) is 0.369. The van der Waals surface area contributed by atoms with E-state index >= 15 is 0 Å². The molecule has 5 nitrogen and oxygen atoms in total. The Kier molecular flexibility index (Phi) is 6.09. The number of methoxy groups -OCH3 is 2. The summed E-state index contributed by atoms with van der Waals surface area (Å²) < 4.78 is 17.4. The zero-order chi connectivity index (χ0) is 24.0. The fraction of sp³-hybridized carbons (Fsp3) is 0.296. The Labute approximate surface area is 209 Å². The monoisotopic (exact) mass is 496 g/mol. The Bertz CT molecular complexity index is 1260. The van der Waals surface area contributed by atoms with E-state index in [4.69, 9.17) is 42.5 Å². The van der Waals surface area contributed by atoms with Crippen molar-refractivity contribution in [3.63, 3.8) is 0 Å². The molecular formula is C27H26Cl2N2O3. The largest absolute Gasteiger partial charge is 0.493 e. The molecule has 0 aliphatic carbocycles. The van der Waals surface area contributed by atoms with Gasteiger partial charge in [0.1, 0.15) is 5.75 Å². The second kappa shape index (κ2) is 9.05. The normalized spacial score (nSPS) is 18.8. The van der Waals surface area contributed by atoms with Crippen LogP contribution in [0.1, 0.15) is 60.7 Å². The molecule has 0 N–H and O–H groups in total. The molecule has 2 aliphatic heterocycles. The Morgan fingerprint density at radius 1 is 0.971 bits per heavy atom. The van der Waals surface area contributed by atoms with Gasteiger partial charge in [-0.1, -0.05) is 61.3 Å². The van der Waals surface area contributed by atoms with E-state index in [1.54, 1.807) is 20.3 Å². The van der Waals surface area contributed by atoms with Gasteiger partial charge < -0.3 is 14.2 Å². The molecule has 2 heterocycles. The molecule has 0 radical (unpaired) electrons. The van der Waals surface area contributed by atoms with Crippen molar-refractivity contribution in [3.05, 3.63) is 86.9 Å². The van der Waals surface area contributed by atoms with Crippen LogP contribution in [0.15, 0.2) is 59.7 Å². The van der Waals surface area contributed by atoms with E-state index in [0.29, 0.717) is 39.6 Å². The molecule has 2 aliphatic rings. The highest BCUT2D eigenvalue weighted by Crippen LogP contribution is 2.51. The van der Waals surface area contributed by atoms with Crippen LogP contribution in [0, 0.1) is 0 Å². The van der Waals surface area contributed by atoms with Crippen LogP contribution in [-0.4, -0.2) is 24.9 Å². The van der Waals surface area contributed by atoms with Crippen LogP contribution in [0.5, 0.6) is 17.2 Å². The van der Waals surface area contributed by atoms with Crippen molar-refractivity contribution >= 4 is 28.9 Å². The first-order valence-corrected chi connectivity index (χ1v) is 12.0. The van der Waals surface area contributed by atoms with Crippen LogP contribution in [0.25, 0.3) is 0 Å². The van der Waals surface area contributed by atoms with Crippen molar-refractivity contribution < 1.29 is 14.2 Å². The molecule has 0 aromatic heterocycles. The Hall–Kier alpha value is -2.89. The molecule has 0 spiro atoms. The van der Waals surface area contributed by atoms with Gasteiger partial charge in [0.2, 0.25) is 6.23 Å². The summed E-state index contributed by atoms with van der Waals surface area (Å²) in [5.74, 6) is 2.45.